The van der Waals surface area contributed by atoms with Crippen LogP contribution in [0.4, 0.5) is 13.2 Å². The highest BCUT2D eigenvalue weighted by Crippen LogP contribution is 2.29. The molecule has 0 unspecified atom stereocenters. The van der Waals surface area contributed by atoms with Crippen LogP contribution in [-0.2, 0) is 16.0 Å². The number of halogens is 3. The Morgan fingerprint density at radius 3 is 2.31 bits per heavy atom. The lowest BCUT2D eigenvalue weighted by atomic mass is 9.94. The van der Waals surface area contributed by atoms with Crippen molar-refractivity contribution in [2.45, 2.75) is 44.7 Å². The molecule has 0 spiro atoms. The zero-order valence-corrected chi connectivity index (χ0v) is 20.4. The van der Waals surface area contributed by atoms with Crippen LogP contribution in [0.15, 0.2) is 54.6 Å². The molecular weight excluding hydrogens is 493 g/mol. The minimum absolute atomic E-state index is 0.138. The van der Waals surface area contributed by atoms with E-state index in [0.717, 1.165) is 29.0 Å². The van der Waals surface area contributed by atoms with Crippen molar-refractivity contribution in [3.63, 3.8) is 0 Å². The number of thiophene rings is 1. The average Bonchev–Trinajstić information content (AvgIpc) is 3.29. The Bertz CT molecular complexity index is 1260. The lowest BCUT2D eigenvalue weighted by Crippen LogP contribution is -2.54. The summed E-state index contributed by atoms with van der Waals surface area (Å²) in [6.07, 6.45) is -0.108. The maximum Gasteiger partial charge on any atom is 0.303 e. The molecule has 36 heavy (non-hydrogen) atoms. The molecular formula is C26H25F3N2O4S. The third kappa shape index (κ3) is 7.42. The van der Waals surface area contributed by atoms with Crippen molar-refractivity contribution >= 4 is 29.1 Å². The summed E-state index contributed by atoms with van der Waals surface area (Å²) < 4.78 is 40.0. The predicted molar refractivity (Wildman–Crippen MR) is 130 cm³/mol. The van der Waals surface area contributed by atoms with Gasteiger partial charge in [0.25, 0.3) is 5.91 Å². The van der Waals surface area contributed by atoms with Gasteiger partial charge in [0.2, 0.25) is 5.91 Å². The number of carboxylic acid groups (broad SMARTS) is 1. The van der Waals surface area contributed by atoms with Gasteiger partial charge in [0, 0.05) is 16.8 Å². The summed E-state index contributed by atoms with van der Waals surface area (Å²) in [6.45, 7) is 3.52. The van der Waals surface area contributed by atoms with E-state index in [0.29, 0.717) is 16.9 Å². The van der Waals surface area contributed by atoms with Gasteiger partial charge in [-0.25, -0.2) is 13.2 Å². The fraction of sp³-hybridized carbons (Fsp3) is 0.269. The number of carbonyl (C=O) groups excluding carboxylic acids is 2. The maximum atomic E-state index is 13.6. The number of hydrogen-bond donors (Lipinski definition) is 3. The first-order chi connectivity index (χ1) is 16.9. The second-order valence-corrected chi connectivity index (χ2v) is 10.0. The van der Waals surface area contributed by atoms with Crippen LogP contribution in [0.1, 0.15) is 41.9 Å². The van der Waals surface area contributed by atoms with Crippen molar-refractivity contribution in [2.24, 2.45) is 0 Å². The number of hydrogen-bond acceptors (Lipinski definition) is 4. The highest BCUT2D eigenvalue weighted by atomic mass is 32.1. The van der Waals surface area contributed by atoms with Crippen molar-refractivity contribution in [3.05, 3.63) is 82.5 Å². The Kier molecular flexibility index (Phi) is 8.52. The largest absolute Gasteiger partial charge is 0.481 e. The number of benzene rings is 2. The minimum atomic E-state index is -1.13. The van der Waals surface area contributed by atoms with E-state index in [1.165, 1.54) is 24.3 Å². The Labute approximate surface area is 210 Å². The summed E-state index contributed by atoms with van der Waals surface area (Å²) in [6, 6.07) is 11.2. The van der Waals surface area contributed by atoms with Crippen LogP contribution in [0.5, 0.6) is 0 Å². The van der Waals surface area contributed by atoms with Crippen molar-refractivity contribution < 1.29 is 32.7 Å². The van der Waals surface area contributed by atoms with Gasteiger partial charge in [0.1, 0.15) is 11.9 Å². The second kappa shape index (κ2) is 11.4. The molecule has 0 aliphatic heterocycles. The first kappa shape index (κ1) is 26.9. The smallest absolute Gasteiger partial charge is 0.303 e. The molecule has 0 saturated carbocycles. The van der Waals surface area contributed by atoms with E-state index in [9.17, 15) is 27.6 Å². The molecule has 1 atom stereocenters. The topological polar surface area (TPSA) is 95.5 Å². The summed E-state index contributed by atoms with van der Waals surface area (Å²) in [5.74, 6) is -4.66. The summed E-state index contributed by atoms with van der Waals surface area (Å²) >= 11 is 1.02. The van der Waals surface area contributed by atoms with Gasteiger partial charge in [-0.15, -0.1) is 11.3 Å². The molecule has 2 aromatic carbocycles. The van der Waals surface area contributed by atoms with E-state index in [2.05, 4.69) is 10.6 Å². The predicted octanol–water partition coefficient (Wildman–Crippen LogP) is 4.93. The molecule has 0 saturated heterocycles. The SMILES string of the molecule is CC(C)(Cc1ccc(F)cc1)NC(=O)[C@H](CCC(=O)O)NC(=O)c1ccc(-c2ccc(F)c(F)c2)s1. The highest BCUT2D eigenvalue weighted by molar-refractivity contribution is 7.17. The number of rotatable bonds is 10. The summed E-state index contributed by atoms with van der Waals surface area (Å²) in [4.78, 5) is 37.7. The van der Waals surface area contributed by atoms with Crippen LogP contribution in [0.2, 0.25) is 0 Å². The van der Waals surface area contributed by atoms with Crippen LogP contribution in [0.25, 0.3) is 10.4 Å². The zero-order chi connectivity index (χ0) is 26.5. The minimum Gasteiger partial charge on any atom is -0.481 e. The second-order valence-electron chi connectivity index (χ2n) is 8.93. The van der Waals surface area contributed by atoms with Gasteiger partial charge < -0.3 is 15.7 Å². The fourth-order valence-electron chi connectivity index (χ4n) is 3.61. The maximum absolute atomic E-state index is 13.6. The molecule has 1 aromatic heterocycles. The molecule has 10 heteroatoms. The molecule has 190 valence electrons. The molecule has 0 fully saturated rings. The summed E-state index contributed by atoms with van der Waals surface area (Å²) in [5, 5.41) is 14.5. The Morgan fingerprint density at radius 2 is 1.67 bits per heavy atom. The molecule has 6 nitrogen and oxygen atoms in total. The van der Waals surface area contributed by atoms with Gasteiger partial charge in [-0.2, -0.15) is 0 Å². The molecule has 0 radical (unpaired) electrons. The van der Waals surface area contributed by atoms with Crippen molar-refractivity contribution in [2.75, 3.05) is 0 Å². The molecule has 0 bridgehead atoms. The average molecular weight is 519 g/mol. The number of aliphatic carboxylic acids is 1. The van der Waals surface area contributed by atoms with Gasteiger partial charge >= 0.3 is 5.97 Å². The van der Waals surface area contributed by atoms with Crippen LogP contribution in [-0.4, -0.2) is 34.5 Å². The normalized spacial score (nSPS) is 12.1. The van der Waals surface area contributed by atoms with Crippen LogP contribution < -0.4 is 10.6 Å². The van der Waals surface area contributed by atoms with E-state index in [4.69, 9.17) is 5.11 Å². The Hall–Kier alpha value is -3.66. The third-order valence-electron chi connectivity index (χ3n) is 5.32. The van der Waals surface area contributed by atoms with Crippen molar-refractivity contribution in [1.82, 2.24) is 10.6 Å². The lowest BCUT2D eigenvalue weighted by molar-refractivity contribution is -0.137. The van der Waals surface area contributed by atoms with Crippen molar-refractivity contribution in [3.8, 4) is 10.4 Å². The van der Waals surface area contributed by atoms with Gasteiger partial charge in [0.05, 0.1) is 4.88 Å². The van der Waals surface area contributed by atoms with E-state index in [1.807, 2.05) is 0 Å². The molecule has 0 aliphatic rings. The number of nitrogens with one attached hydrogen (secondary N) is 2. The molecule has 3 N–H and O–H groups in total. The molecule has 2 amide bonds. The Balaban J connectivity index is 1.71. The highest BCUT2D eigenvalue weighted by Gasteiger charge is 2.28. The van der Waals surface area contributed by atoms with E-state index in [1.54, 1.807) is 32.0 Å². The van der Waals surface area contributed by atoms with Gasteiger partial charge in [0.15, 0.2) is 11.6 Å². The zero-order valence-electron chi connectivity index (χ0n) is 19.6. The van der Waals surface area contributed by atoms with Crippen LogP contribution in [0, 0.1) is 17.5 Å². The Morgan fingerprint density at radius 1 is 0.972 bits per heavy atom. The van der Waals surface area contributed by atoms with Gasteiger partial charge in [-0.3, -0.25) is 14.4 Å². The van der Waals surface area contributed by atoms with Gasteiger partial charge in [-0.05, 0) is 74.2 Å². The van der Waals surface area contributed by atoms with E-state index < -0.39 is 41.0 Å². The monoisotopic (exact) mass is 518 g/mol. The lowest BCUT2D eigenvalue weighted by Gasteiger charge is -2.29. The van der Waals surface area contributed by atoms with Crippen LogP contribution >= 0.6 is 11.3 Å². The number of amides is 2. The summed E-state index contributed by atoms with van der Waals surface area (Å²) in [5.41, 5.74) is 0.404. The molecule has 0 aliphatic carbocycles. The van der Waals surface area contributed by atoms with Gasteiger partial charge in [-0.1, -0.05) is 18.2 Å². The summed E-state index contributed by atoms with van der Waals surface area (Å²) in [7, 11) is 0. The molecule has 3 rings (SSSR count). The van der Waals surface area contributed by atoms with Crippen molar-refractivity contribution in [1.29, 1.82) is 0 Å². The van der Waals surface area contributed by atoms with E-state index in [-0.39, 0.29) is 23.5 Å². The number of carboxylic acids is 1. The molecule has 3 aromatic rings. The first-order valence-electron chi connectivity index (χ1n) is 11.1. The number of carbonyl (C=O) groups is 3. The van der Waals surface area contributed by atoms with Crippen LogP contribution in [0.3, 0.4) is 0 Å². The molecule has 1 heterocycles. The fourth-order valence-corrected chi connectivity index (χ4v) is 4.51. The standard InChI is InChI=1S/C26H25F3N2O4S/c1-26(2,14-15-3-6-17(27)7-4-15)31-24(34)20(9-12-23(32)33)30-25(35)22-11-10-21(36-22)16-5-8-18(28)19(29)13-16/h3-8,10-11,13,20H,9,12,14H2,1-2H3,(H,30,35)(H,31,34)(H,32,33)/t20-/m0/s1. The quantitative estimate of drug-likeness (QED) is 0.355. The third-order valence-corrected chi connectivity index (χ3v) is 6.46. The first-order valence-corrected chi connectivity index (χ1v) is 11.9. The van der Waals surface area contributed by atoms with E-state index >= 15 is 0 Å².